The highest BCUT2D eigenvalue weighted by molar-refractivity contribution is 6.05. The van der Waals surface area contributed by atoms with Crippen LogP contribution in [0, 0.1) is 0 Å². The van der Waals surface area contributed by atoms with Crippen molar-refractivity contribution in [3.8, 4) is 16.9 Å². The lowest BCUT2D eigenvalue weighted by Gasteiger charge is -2.13. The molecule has 2 N–H and O–H groups in total. The van der Waals surface area contributed by atoms with Crippen LogP contribution < -0.4 is 10.1 Å². The van der Waals surface area contributed by atoms with Gasteiger partial charge in [-0.05, 0) is 53.1 Å². The van der Waals surface area contributed by atoms with Crippen molar-refractivity contribution < 1.29 is 4.74 Å². The molecule has 0 saturated carbocycles. The predicted octanol–water partition coefficient (Wildman–Crippen LogP) is 4.79. The molecule has 5 rings (SSSR count). The number of rotatable bonds is 5. The molecule has 4 aromatic heterocycles. The second-order valence-corrected chi connectivity index (χ2v) is 6.72. The standard InChI is InChI=1S/C23H19N5O/c1-29-20-7-6-16(17-5-3-10-25-22(17)20)19-12-21(28-23-18(19)8-11-26-23)27-14-15-4-2-9-24-13-15/h2-13H,14H2,1H3,(H2,26,27,28). The van der Waals surface area contributed by atoms with Gasteiger partial charge in [0.15, 0.2) is 0 Å². The molecule has 0 aliphatic carbocycles. The van der Waals surface area contributed by atoms with Crippen molar-refractivity contribution >= 4 is 27.8 Å². The van der Waals surface area contributed by atoms with E-state index in [0.29, 0.717) is 6.54 Å². The molecule has 6 heteroatoms. The quantitative estimate of drug-likeness (QED) is 0.458. The molecule has 0 aliphatic rings. The number of benzene rings is 1. The van der Waals surface area contributed by atoms with Crippen molar-refractivity contribution in [3.63, 3.8) is 0 Å². The third-order valence-corrected chi connectivity index (χ3v) is 4.97. The van der Waals surface area contributed by atoms with Gasteiger partial charge in [-0.25, -0.2) is 4.98 Å². The van der Waals surface area contributed by atoms with Gasteiger partial charge in [0.25, 0.3) is 0 Å². The SMILES string of the molecule is COc1ccc(-c2cc(NCc3cccnc3)nc3[nH]ccc23)c2cccnc12. The first-order valence-electron chi connectivity index (χ1n) is 9.36. The van der Waals surface area contributed by atoms with Gasteiger partial charge in [0.1, 0.15) is 22.7 Å². The Kier molecular flexibility index (Phi) is 4.29. The highest BCUT2D eigenvalue weighted by Gasteiger charge is 2.14. The molecule has 142 valence electrons. The fourth-order valence-corrected chi connectivity index (χ4v) is 3.59. The van der Waals surface area contributed by atoms with Gasteiger partial charge in [-0.1, -0.05) is 12.1 Å². The molecule has 5 aromatic rings. The molecule has 29 heavy (non-hydrogen) atoms. The second kappa shape index (κ2) is 7.24. The summed E-state index contributed by atoms with van der Waals surface area (Å²) in [6.07, 6.45) is 7.32. The van der Waals surface area contributed by atoms with E-state index in [2.05, 4.69) is 44.5 Å². The highest BCUT2D eigenvalue weighted by Crippen LogP contribution is 2.37. The molecule has 0 unspecified atom stereocenters. The average Bonchev–Trinajstić information content (AvgIpc) is 3.26. The van der Waals surface area contributed by atoms with E-state index in [9.17, 15) is 0 Å². The Hall–Kier alpha value is -3.93. The van der Waals surface area contributed by atoms with Gasteiger partial charge in [0.05, 0.1) is 7.11 Å². The molecular weight excluding hydrogens is 362 g/mol. The fourth-order valence-electron chi connectivity index (χ4n) is 3.59. The summed E-state index contributed by atoms with van der Waals surface area (Å²) in [6.45, 7) is 0.650. The van der Waals surface area contributed by atoms with E-state index in [1.807, 2.05) is 36.7 Å². The van der Waals surface area contributed by atoms with E-state index in [4.69, 9.17) is 9.72 Å². The molecule has 0 bridgehead atoms. The molecule has 0 spiro atoms. The predicted molar refractivity (Wildman–Crippen MR) is 115 cm³/mol. The minimum atomic E-state index is 0.650. The first kappa shape index (κ1) is 17.2. The number of hydrogen-bond donors (Lipinski definition) is 2. The summed E-state index contributed by atoms with van der Waals surface area (Å²) in [7, 11) is 1.67. The summed E-state index contributed by atoms with van der Waals surface area (Å²) in [5, 5.41) is 5.52. The molecule has 6 nitrogen and oxygen atoms in total. The topological polar surface area (TPSA) is 75.7 Å². The van der Waals surface area contributed by atoms with Crippen LogP contribution in [0.3, 0.4) is 0 Å². The van der Waals surface area contributed by atoms with Crippen molar-refractivity contribution in [2.45, 2.75) is 6.54 Å². The van der Waals surface area contributed by atoms with Crippen molar-refractivity contribution in [2.75, 3.05) is 12.4 Å². The summed E-state index contributed by atoms with van der Waals surface area (Å²) in [5.41, 5.74) is 4.96. The van der Waals surface area contributed by atoms with Crippen molar-refractivity contribution in [1.29, 1.82) is 0 Å². The number of methoxy groups -OCH3 is 1. The summed E-state index contributed by atoms with van der Waals surface area (Å²) in [6, 6.07) is 16.2. The summed E-state index contributed by atoms with van der Waals surface area (Å²) in [5.74, 6) is 1.56. The van der Waals surface area contributed by atoms with E-state index >= 15 is 0 Å². The highest BCUT2D eigenvalue weighted by atomic mass is 16.5. The van der Waals surface area contributed by atoms with E-state index in [1.165, 1.54) is 0 Å². The Bertz CT molecular complexity index is 1300. The Morgan fingerprint density at radius 1 is 1.00 bits per heavy atom. The number of pyridine rings is 3. The number of aromatic amines is 1. The Labute approximate surface area is 167 Å². The number of fused-ring (bicyclic) bond motifs is 2. The molecule has 0 atom stereocenters. The van der Waals surface area contributed by atoms with Crippen LogP contribution in [0.15, 0.2) is 73.3 Å². The number of anilines is 1. The van der Waals surface area contributed by atoms with Gasteiger partial charge in [0.2, 0.25) is 0 Å². The zero-order chi connectivity index (χ0) is 19.6. The van der Waals surface area contributed by atoms with Crippen molar-refractivity contribution in [3.05, 3.63) is 78.9 Å². The van der Waals surface area contributed by atoms with Crippen LogP contribution in [0.5, 0.6) is 5.75 Å². The molecule has 0 amide bonds. The Morgan fingerprint density at radius 3 is 2.79 bits per heavy atom. The number of H-pyrrole nitrogens is 1. The maximum absolute atomic E-state index is 5.50. The lowest BCUT2D eigenvalue weighted by Crippen LogP contribution is -2.02. The number of nitrogens with zero attached hydrogens (tertiary/aromatic N) is 3. The van der Waals surface area contributed by atoms with Crippen LogP contribution in [0.1, 0.15) is 5.56 Å². The molecule has 0 fully saturated rings. The molecular formula is C23H19N5O. The smallest absolute Gasteiger partial charge is 0.145 e. The Balaban J connectivity index is 1.63. The molecule has 4 heterocycles. The first-order chi connectivity index (χ1) is 14.3. The third-order valence-electron chi connectivity index (χ3n) is 4.97. The summed E-state index contributed by atoms with van der Waals surface area (Å²) >= 11 is 0. The summed E-state index contributed by atoms with van der Waals surface area (Å²) in [4.78, 5) is 16.7. The minimum Gasteiger partial charge on any atom is -0.494 e. The normalized spacial score (nSPS) is 11.1. The van der Waals surface area contributed by atoms with Crippen molar-refractivity contribution in [1.82, 2.24) is 19.9 Å². The average molecular weight is 381 g/mol. The zero-order valence-electron chi connectivity index (χ0n) is 15.9. The molecule has 0 radical (unpaired) electrons. The van der Waals surface area contributed by atoms with Crippen LogP contribution in [0.2, 0.25) is 0 Å². The molecule has 1 aromatic carbocycles. The first-order valence-corrected chi connectivity index (χ1v) is 9.36. The fraction of sp³-hybridized carbons (Fsp3) is 0.0870. The third kappa shape index (κ3) is 3.14. The Morgan fingerprint density at radius 2 is 1.93 bits per heavy atom. The van der Waals surface area contributed by atoms with E-state index < -0.39 is 0 Å². The monoisotopic (exact) mass is 381 g/mol. The van der Waals surface area contributed by atoms with Crippen LogP contribution in [-0.4, -0.2) is 27.0 Å². The van der Waals surface area contributed by atoms with Gasteiger partial charge in [-0.2, -0.15) is 0 Å². The van der Waals surface area contributed by atoms with Crippen LogP contribution in [0.4, 0.5) is 5.82 Å². The number of hydrogen-bond acceptors (Lipinski definition) is 5. The lowest BCUT2D eigenvalue weighted by atomic mass is 9.98. The lowest BCUT2D eigenvalue weighted by molar-refractivity contribution is 0.419. The van der Waals surface area contributed by atoms with E-state index in [1.54, 1.807) is 19.5 Å². The van der Waals surface area contributed by atoms with Crippen LogP contribution in [-0.2, 0) is 6.54 Å². The van der Waals surface area contributed by atoms with Crippen LogP contribution >= 0.6 is 0 Å². The van der Waals surface area contributed by atoms with Gasteiger partial charge in [-0.3, -0.25) is 9.97 Å². The largest absolute Gasteiger partial charge is 0.494 e. The molecule has 0 aliphatic heterocycles. The minimum absolute atomic E-state index is 0.650. The summed E-state index contributed by atoms with van der Waals surface area (Å²) < 4.78 is 5.50. The van der Waals surface area contributed by atoms with E-state index in [-0.39, 0.29) is 0 Å². The van der Waals surface area contributed by atoms with Gasteiger partial charge >= 0.3 is 0 Å². The number of nitrogens with one attached hydrogen (secondary N) is 2. The molecule has 0 saturated heterocycles. The maximum atomic E-state index is 5.50. The van der Waals surface area contributed by atoms with Gasteiger partial charge in [-0.15, -0.1) is 0 Å². The van der Waals surface area contributed by atoms with Crippen molar-refractivity contribution in [2.24, 2.45) is 0 Å². The second-order valence-electron chi connectivity index (χ2n) is 6.72. The van der Waals surface area contributed by atoms with Gasteiger partial charge in [0, 0.05) is 42.1 Å². The number of aromatic nitrogens is 4. The van der Waals surface area contributed by atoms with Gasteiger partial charge < -0.3 is 15.0 Å². The van der Waals surface area contributed by atoms with Crippen LogP contribution in [0.25, 0.3) is 33.1 Å². The number of ether oxygens (including phenoxy) is 1. The zero-order valence-corrected chi connectivity index (χ0v) is 15.9. The van der Waals surface area contributed by atoms with E-state index in [0.717, 1.165) is 50.2 Å². The maximum Gasteiger partial charge on any atom is 0.145 e.